The van der Waals surface area contributed by atoms with Crippen LogP contribution in [0.25, 0.3) is 0 Å². The molecule has 104 valence electrons. The zero-order valence-corrected chi connectivity index (χ0v) is 12.0. The van der Waals surface area contributed by atoms with Crippen LogP contribution in [0, 0.1) is 0 Å². The Morgan fingerprint density at radius 3 is 2.68 bits per heavy atom. The number of nitrogens with one attached hydrogen (secondary N) is 1. The Bertz CT molecular complexity index is 413. The second kappa shape index (κ2) is 6.71. The number of carbonyl (C=O) groups is 1. The van der Waals surface area contributed by atoms with Crippen LogP contribution in [0.5, 0.6) is 0 Å². The number of hydrogen-bond acceptors (Lipinski definition) is 3. The highest BCUT2D eigenvalue weighted by molar-refractivity contribution is 5.94. The summed E-state index contributed by atoms with van der Waals surface area (Å²) in [5, 5.41) is 3.24. The van der Waals surface area contributed by atoms with Crippen LogP contribution in [0.4, 0.5) is 5.69 Å². The number of Topliss-reactive ketones (excluding diaryl/α,β-unsaturated/α-hetero) is 1. The highest BCUT2D eigenvalue weighted by atomic mass is 16.1. The Morgan fingerprint density at radius 1 is 1.32 bits per heavy atom. The Morgan fingerprint density at radius 2 is 2.05 bits per heavy atom. The molecule has 19 heavy (non-hydrogen) atoms. The number of nitrogens with zero attached hydrogens (tertiary/aromatic N) is 1. The summed E-state index contributed by atoms with van der Waals surface area (Å²) in [7, 11) is 2.01. The van der Waals surface area contributed by atoms with Gasteiger partial charge in [-0.05, 0) is 70.5 Å². The summed E-state index contributed by atoms with van der Waals surface area (Å²) in [5.41, 5.74) is 2.05. The topological polar surface area (TPSA) is 32.3 Å². The van der Waals surface area contributed by atoms with Crippen LogP contribution in [0.2, 0.25) is 0 Å². The Labute approximate surface area is 116 Å². The molecule has 0 radical (unpaired) electrons. The van der Waals surface area contributed by atoms with Crippen molar-refractivity contribution in [3.63, 3.8) is 0 Å². The fourth-order valence-electron chi connectivity index (χ4n) is 2.84. The Hall–Kier alpha value is -1.35. The summed E-state index contributed by atoms with van der Waals surface area (Å²) in [6, 6.07) is 8.70. The van der Waals surface area contributed by atoms with Gasteiger partial charge in [0.15, 0.2) is 5.78 Å². The number of benzene rings is 1. The molecule has 0 spiro atoms. The van der Waals surface area contributed by atoms with Crippen LogP contribution in [-0.2, 0) is 0 Å². The third kappa shape index (κ3) is 3.57. The maximum absolute atomic E-state index is 11.3. The van der Waals surface area contributed by atoms with Gasteiger partial charge in [-0.3, -0.25) is 4.79 Å². The number of carbonyl (C=O) groups excluding carboxylic acids is 1. The molecule has 1 saturated heterocycles. The van der Waals surface area contributed by atoms with Crippen LogP contribution in [0.15, 0.2) is 24.3 Å². The first-order valence-corrected chi connectivity index (χ1v) is 7.24. The van der Waals surface area contributed by atoms with E-state index < -0.39 is 0 Å². The lowest BCUT2D eigenvalue weighted by molar-refractivity contribution is 0.101. The molecule has 1 fully saturated rings. The van der Waals surface area contributed by atoms with Crippen molar-refractivity contribution in [1.29, 1.82) is 0 Å². The molecule has 1 atom stereocenters. The minimum atomic E-state index is 0.136. The quantitative estimate of drug-likeness (QED) is 0.826. The SMILES string of the molecule is CNCCC1CCCCN1c1ccc(C(C)=O)cc1. The van der Waals surface area contributed by atoms with E-state index in [1.165, 1.54) is 31.4 Å². The van der Waals surface area contributed by atoms with E-state index in [0.717, 1.165) is 18.7 Å². The van der Waals surface area contributed by atoms with E-state index in [1.54, 1.807) is 6.92 Å². The molecule has 0 aliphatic carbocycles. The first-order chi connectivity index (χ1) is 9.22. The molecule has 1 N–H and O–H groups in total. The third-order valence-electron chi connectivity index (χ3n) is 3.96. The summed E-state index contributed by atoms with van der Waals surface area (Å²) < 4.78 is 0. The second-order valence-corrected chi connectivity index (χ2v) is 5.34. The number of rotatable bonds is 5. The van der Waals surface area contributed by atoms with Crippen LogP contribution in [-0.4, -0.2) is 32.0 Å². The normalized spacial score (nSPS) is 19.5. The van der Waals surface area contributed by atoms with Gasteiger partial charge in [-0.25, -0.2) is 0 Å². The van der Waals surface area contributed by atoms with Gasteiger partial charge in [0.05, 0.1) is 0 Å². The van der Waals surface area contributed by atoms with Gasteiger partial charge in [0.2, 0.25) is 0 Å². The molecule has 1 aliphatic rings. The van der Waals surface area contributed by atoms with E-state index in [-0.39, 0.29) is 5.78 Å². The predicted molar refractivity (Wildman–Crippen MR) is 80.0 cm³/mol. The molecule has 1 aliphatic heterocycles. The van der Waals surface area contributed by atoms with Gasteiger partial charge in [-0.15, -0.1) is 0 Å². The molecule has 1 aromatic rings. The van der Waals surface area contributed by atoms with E-state index >= 15 is 0 Å². The minimum absolute atomic E-state index is 0.136. The lowest BCUT2D eigenvalue weighted by Crippen LogP contribution is -2.41. The maximum Gasteiger partial charge on any atom is 0.159 e. The fraction of sp³-hybridized carbons (Fsp3) is 0.562. The van der Waals surface area contributed by atoms with Crippen molar-refractivity contribution < 1.29 is 4.79 Å². The van der Waals surface area contributed by atoms with Crippen molar-refractivity contribution in [1.82, 2.24) is 5.32 Å². The molecule has 1 heterocycles. The summed E-state index contributed by atoms with van der Waals surface area (Å²) in [6.07, 6.45) is 5.06. The molecule has 3 heteroatoms. The zero-order valence-electron chi connectivity index (χ0n) is 12.0. The molecule has 3 nitrogen and oxygen atoms in total. The highest BCUT2D eigenvalue weighted by Crippen LogP contribution is 2.26. The lowest BCUT2D eigenvalue weighted by Gasteiger charge is -2.37. The van der Waals surface area contributed by atoms with E-state index in [2.05, 4.69) is 22.3 Å². The van der Waals surface area contributed by atoms with Gasteiger partial charge in [0.25, 0.3) is 0 Å². The van der Waals surface area contributed by atoms with Crippen LogP contribution in [0.1, 0.15) is 43.0 Å². The van der Waals surface area contributed by atoms with Crippen molar-refractivity contribution in [2.75, 3.05) is 25.0 Å². The first kappa shape index (κ1) is 14.1. The maximum atomic E-state index is 11.3. The molecular weight excluding hydrogens is 236 g/mol. The van der Waals surface area contributed by atoms with Gasteiger partial charge in [0.1, 0.15) is 0 Å². The fourth-order valence-corrected chi connectivity index (χ4v) is 2.84. The summed E-state index contributed by atoms with van der Waals surface area (Å²) in [5.74, 6) is 0.136. The Balaban J connectivity index is 2.10. The molecule has 0 amide bonds. The molecule has 2 rings (SSSR count). The predicted octanol–water partition coefficient (Wildman–Crippen LogP) is 2.86. The average molecular weight is 260 g/mol. The lowest BCUT2D eigenvalue weighted by atomic mass is 9.98. The van der Waals surface area contributed by atoms with Crippen molar-refractivity contribution in [2.24, 2.45) is 0 Å². The summed E-state index contributed by atoms with van der Waals surface area (Å²) in [6.45, 7) is 3.81. The number of ketones is 1. The molecular formula is C16H24N2O. The van der Waals surface area contributed by atoms with Gasteiger partial charge in [-0.1, -0.05) is 0 Å². The standard InChI is InChI=1S/C16H24N2O/c1-13(19)14-6-8-16(9-7-14)18-12-4-3-5-15(18)10-11-17-2/h6-9,15,17H,3-5,10-12H2,1-2H3. The van der Waals surface area contributed by atoms with Crippen molar-refractivity contribution in [2.45, 2.75) is 38.6 Å². The van der Waals surface area contributed by atoms with Crippen LogP contribution < -0.4 is 10.2 Å². The molecule has 1 aromatic carbocycles. The van der Waals surface area contributed by atoms with Gasteiger partial charge < -0.3 is 10.2 Å². The highest BCUT2D eigenvalue weighted by Gasteiger charge is 2.22. The first-order valence-electron chi connectivity index (χ1n) is 7.24. The molecule has 0 aromatic heterocycles. The molecule has 0 bridgehead atoms. The summed E-state index contributed by atoms with van der Waals surface area (Å²) >= 11 is 0. The molecule has 0 saturated carbocycles. The monoisotopic (exact) mass is 260 g/mol. The van der Waals surface area contributed by atoms with E-state index in [0.29, 0.717) is 6.04 Å². The number of anilines is 1. The number of hydrogen-bond donors (Lipinski definition) is 1. The van der Waals surface area contributed by atoms with Gasteiger partial charge in [-0.2, -0.15) is 0 Å². The van der Waals surface area contributed by atoms with E-state index in [4.69, 9.17) is 0 Å². The average Bonchev–Trinajstić information content (AvgIpc) is 2.45. The third-order valence-corrected chi connectivity index (χ3v) is 3.96. The molecule has 1 unspecified atom stereocenters. The minimum Gasteiger partial charge on any atom is -0.369 e. The van der Waals surface area contributed by atoms with Crippen molar-refractivity contribution in [3.05, 3.63) is 29.8 Å². The largest absolute Gasteiger partial charge is 0.369 e. The zero-order chi connectivity index (χ0) is 13.7. The smallest absolute Gasteiger partial charge is 0.159 e. The van der Waals surface area contributed by atoms with Crippen LogP contribution in [0.3, 0.4) is 0 Å². The number of piperidine rings is 1. The summed E-state index contributed by atoms with van der Waals surface area (Å²) in [4.78, 5) is 13.8. The van der Waals surface area contributed by atoms with Gasteiger partial charge in [0, 0.05) is 23.8 Å². The van der Waals surface area contributed by atoms with Crippen molar-refractivity contribution >= 4 is 11.5 Å². The van der Waals surface area contributed by atoms with Crippen molar-refractivity contribution in [3.8, 4) is 0 Å². The van der Waals surface area contributed by atoms with Crippen LogP contribution >= 0.6 is 0 Å². The Kier molecular flexibility index (Phi) is 4.97. The van der Waals surface area contributed by atoms with E-state index in [1.807, 2.05) is 19.2 Å². The van der Waals surface area contributed by atoms with Gasteiger partial charge >= 0.3 is 0 Å². The second-order valence-electron chi connectivity index (χ2n) is 5.34. The van der Waals surface area contributed by atoms with E-state index in [9.17, 15) is 4.79 Å².